The molecular formula is C28H30FNO5P+. The van der Waals surface area contributed by atoms with Gasteiger partial charge in [0, 0.05) is 16.8 Å². The number of carboxylic acids is 1. The number of rotatable bonds is 7. The van der Waals surface area contributed by atoms with E-state index in [1.54, 1.807) is 12.1 Å². The van der Waals surface area contributed by atoms with E-state index >= 15 is 0 Å². The van der Waals surface area contributed by atoms with Crippen molar-refractivity contribution < 1.29 is 28.5 Å². The lowest BCUT2D eigenvalue weighted by Crippen LogP contribution is -2.45. The van der Waals surface area contributed by atoms with E-state index < -0.39 is 32.0 Å². The third-order valence-electron chi connectivity index (χ3n) is 5.86. The molecule has 8 heteroatoms. The van der Waals surface area contributed by atoms with Gasteiger partial charge >= 0.3 is 14.7 Å². The summed E-state index contributed by atoms with van der Waals surface area (Å²) in [5.41, 5.74) is 2.10. The number of aliphatic hydroxyl groups excluding tert-OH is 1. The number of terminal acetylenes is 1. The Kier molecular flexibility index (Phi) is 10.0. The standard InChI is InChI=1S/C27H26FNO3.CH4O2P/c1-6-27(18(5)30,26(31)32)23-22(19-12-14-21(28)15-13-19)17(4)25(29-24(23)16(2)3)20-10-8-7-9-11-20;1-3-4-2/h1,7-16,18,30H,2-5H3,(H,31,32);4H,1H3/q;+1. The van der Waals surface area contributed by atoms with Gasteiger partial charge in [0.05, 0.1) is 18.9 Å². The summed E-state index contributed by atoms with van der Waals surface area (Å²) in [5.74, 6) is 0.424. The van der Waals surface area contributed by atoms with Crippen LogP contribution < -0.4 is 0 Å². The molecule has 0 aliphatic carbocycles. The van der Waals surface area contributed by atoms with Crippen LogP contribution in [0.1, 0.15) is 43.5 Å². The highest BCUT2D eigenvalue weighted by Gasteiger charge is 2.48. The molecule has 1 heterocycles. The summed E-state index contributed by atoms with van der Waals surface area (Å²) in [4.78, 5) is 17.5. The highest BCUT2D eigenvalue weighted by molar-refractivity contribution is 7.17. The van der Waals surface area contributed by atoms with Crippen LogP contribution in [0.3, 0.4) is 0 Å². The molecule has 0 aliphatic rings. The Morgan fingerprint density at radius 1 is 1.11 bits per heavy atom. The molecule has 3 atom stereocenters. The number of aromatic nitrogens is 1. The van der Waals surface area contributed by atoms with E-state index in [0.717, 1.165) is 5.56 Å². The molecule has 188 valence electrons. The molecule has 0 aliphatic heterocycles. The number of carbonyl (C=O) groups is 1. The first-order valence-corrected chi connectivity index (χ1v) is 12.0. The van der Waals surface area contributed by atoms with E-state index in [1.807, 2.05) is 51.1 Å². The van der Waals surface area contributed by atoms with Gasteiger partial charge in [-0.15, -0.1) is 6.42 Å². The van der Waals surface area contributed by atoms with Gasteiger partial charge in [-0.3, -0.25) is 9.78 Å². The number of aliphatic carboxylic acids is 1. The van der Waals surface area contributed by atoms with Crippen LogP contribution >= 0.6 is 8.69 Å². The van der Waals surface area contributed by atoms with Gasteiger partial charge in [0.15, 0.2) is 5.41 Å². The van der Waals surface area contributed by atoms with E-state index in [2.05, 4.69) is 10.4 Å². The van der Waals surface area contributed by atoms with Crippen molar-refractivity contribution in [2.75, 3.05) is 7.11 Å². The minimum atomic E-state index is -2.03. The second-order valence-corrected chi connectivity index (χ2v) is 9.04. The van der Waals surface area contributed by atoms with Gasteiger partial charge in [-0.2, -0.15) is 4.52 Å². The highest BCUT2D eigenvalue weighted by atomic mass is 31.1. The summed E-state index contributed by atoms with van der Waals surface area (Å²) in [6.07, 6.45) is 4.40. The second kappa shape index (κ2) is 12.5. The zero-order valence-corrected chi connectivity index (χ0v) is 21.9. The van der Waals surface area contributed by atoms with Gasteiger partial charge in [-0.1, -0.05) is 62.2 Å². The van der Waals surface area contributed by atoms with Crippen LogP contribution in [0.25, 0.3) is 22.4 Å². The third-order valence-corrected chi connectivity index (χ3v) is 6.03. The van der Waals surface area contributed by atoms with Gasteiger partial charge < -0.3 is 10.2 Å². The number of hydrogen-bond donors (Lipinski definition) is 2. The Morgan fingerprint density at radius 3 is 2.08 bits per heavy atom. The molecule has 1 aromatic heterocycles. The molecule has 36 heavy (non-hydrogen) atoms. The molecule has 2 N–H and O–H groups in total. The quantitative estimate of drug-likeness (QED) is 0.304. The maximum atomic E-state index is 13.7. The van der Waals surface area contributed by atoms with Crippen LogP contribution in [0.2, 0.25) is 0 Å². The molecule has 0 saturated carbocycles. The minimum absolute atomic E-state index is 0.196. The molecule has 2 aromatic carbocycles. The molecule has 0 saturated heterocycles. The van der Waals surface area contributed by atoms with Gasteiger partial charge in [0.25, 0.3) is 0 Å². The maximum absolute atomic E-state index is 13.7. The number of hydrogen-bond acceptors (Lipinski definition) is 5. The molecule has 3 aromatic rings. The zero-order valence-electron chi connectivity index (χ0n) is 20.9. The number of halogens is 1. The number of aliphatic hydroxyl groups is 1. The van der Waals surface area contributed by atoms with E-state index in [1.165, 1.54) is 26.2 Å². The van der Waals surface area contributed by atoms with Crippen LogP contribution in [0.4, 0.5) is 4.39 Å². The number of pyridine rings is 1. The predicted octanol–water partition coefficient (Wildman–Crippen LogP) is 5.89. The highest BCUT2D eigenvalue weighted by Crippen LogP contribution is 2.44. The summed E-state index contributed by atoms with van der Waals surface area (Å²) in [5, 5.41) is 20.9. The first-order valence-electron chi connectivity index (χ1n) is 11.2. The fraction of sp³-hybridized carbons (Fsp3) is 0.286. The van der Waals surface area contributed by atoms with Crippen molar-refractivity contribution in [1.82, 2.24) is 4.98 Å². The van der Waals surface area contributed by atoms with Crippen molar-refractivity contribution in [2.45, 2.75) is 45.1 Å². The summed E-state index contributed by atoms with van der Waals surface area (Å²) in [6.45, 7) is 7.00. The van der Waals surface area contributed by atoms with Crippen molar-refractivity contribution in [3.8, 4) is 34.7 Å². The molecule has 0 spiro atoms. The van der Waals surface area contributed by atoms with Crippen LogP contribution in [0, 0.1) is 25.1 Å². The van der Waals surface area contributed by atoms with Crippen molar-refractivity contribution >= 4 is 14.7 Å². The smallest absolute Gasteiger partial charge is 0.480 e. The zero-order chi connectivity index (χ0) is 27.0. The average molecular weight is 511 g/mol. The van der Waals surface area contributed by atoms with E-state index in [-0.39, 0.29) is 11.5 Å². The van der Waals surface area contributed by atoms with Crippen LogP contribution in [-0.4, -0.2) is 34.4 Å². The fourth-order valence-corrected chi connectivity index (χ4v) is 4.11. The molecule has 3 unspecified atom stereocenters. The maximum Gasteiger partial charge on any atom is 0.493 e. The Balaban J connectivity index is 0.00000106. The first kappa shape index (κ1) is 28.8. The van der Waals surface area contributed by atoms with Crippen molar-refractivity contribution in [1.29, 1.82) is 0 Å². The van der Waals surface area contributed by atoms with Crippen molar-refractivity contribution in [3.63, 3.8) is 0 Å². The normalized spacial score (nSPS) is 13.3. The second-order valence-electron chi connectivity index (χ2n) is 8.47. The Morgan fingerprint density at radius 2 is 1.67 bits per heavy atom. The molecular weight excluding hydrogens is 480 g/mol. The number of benzene rings is 2. The third kappa shape index (κ3) is 5.68. The molecule has 6 nitrogen and oxygen atoms in total. The molecule has 0 radical (unpaired) electrons. The van der Waals surface area contributed by atoms with Crippen molar-refractivity contribution in [3.05, 3.63) is 77.2 Å². The van der Waals surface area contributed by atoms with Crippen LogP contribution in [0.5, 0.6) is 0 Å². The summed E-state index contributed by atoms with van der Waals surface area (Å²) in [7, 11) is 0.771. The molecule has 0 fully saturated rings. The topological polar surface area (TPSA) is 96.7 Å². The molecule has 0 amide bonds. The van der Waals surface area contributed by atoms with Crippen LogP contribution in [0.15, 0.2) is 54.6 Å². The Hall–Kier alpha value is -3.43. The van der Waals surface area contributed by atoms with Crippen molar-refractivity contribution in [2.24, 2.45) is 0 Å². The largest absolute Gasteiger partial charge is 0.493 e. The Labute approximate surface area is 212 Å². The van der Waals surface area contributed by atoms with Crippen LogP contribution in [-0.2, 0) is 19.3 Å². The van der Waals surface area contributed by atoms with E-state index in [9.17, 15) is 19.4 Å². The summed E-state index contributed by atoms with van der Waals surface area (Å²) in [6, 6.07) is 15.4. The minimum Gasteiger partial charge on any atom is -0.480 e. The van der Waals surface area contributed by atoms with Gasteiger partial charge in [-0.25, -0.2) is 4.39 Å². The lowest BCUT2D eigenvalue weighted by atomic mass is 9.70. The lowest BCUT2D eigenvalue weighted by molar-refractivity contribution is -0.145. The fourth-order valence-electron chi connectivity index (χ4n) is 4.11. The summed E-state index contributed by atoms with van der Waals surface area (Å²) < 4.78 is 26.9. The van der Waals surface area contributed by atoms with E-state index in [0.29, 0.717) is 28.1 Å². The monoisotopic (exact) mass is 510 g/mol. The summed E-state index contributed by atoms with van der Waals surface area (Å²) >= 11 is 0. The molecule has 0 bridgehead atoms. The van der Waals surface area contributed by atoms with Gasteiger partial charge in [-0.05, 0) is 53.2 Å². The van der Waals surface area contributed by atoms with Gasteiger partial charge in [0.1, 0.15) is 5.82 Å². The first-order chi connectivity index (χ1) is 17.1. The number of carboxylic acid groups (broad SMARTS) is 1. The molecule has 3 rings (SSSR count). The van der Waals surface area contributed by atoms with Gasteiger partial charge in [0.2, 0.25) is 0 Å². The Bertz CT molecular complexity index is 1250. The predicted molar refractivity (Wildman–Crippen MR) is 140 cm³/mol. The average Bonchev–Trinajstić information content (AvgIpc) is 2.86. The lowest BCUT2D eigenvalue weighted by Gasteiger charge is -2.33. The number of nitrogens with zero attached hydrogens (tertiary/aromatic N) is 1. The SMILES string of the molecule is C#CC(C(=O)O)(c1c(C(C)C)nc(-c2ccccc2)c(C)c1-c1ccc(F)cc1)C(C)O.CO[PH+]=O. The van der Waals surface area contributed by atoms with E-state index in [4.69, 9.17) is 16.0 Å².